The third-order valence-electron chi connectivity index (χ3n) is 4.34. The Hall–Kier alpha value is -1.85. The molecule has 6 heteroatoms. The maximum Gasteiger partial charge on any atom is 0.249 e. The van der Waals surface area contributed by atoms with Crippen molar-refractivity contribution in [1.29, 1.82) is 0 Å². The smallest absolute Gasteiger partial charge is 0.249 e. The molecule has 0 aromatic carbocycles. The van der Waals surface area contributed by atoms with Crippen molar-refractivity contribution < 1.29 is 14.0 Å². The highest BCUT2D eigenvalue weighted by molar-refractivity contribution is 5.99. The van der Waals surface area contributed by atoms with Gasteiger partial charge < -0.3 is 14.6 Å². The molecule has 1 fully saturated rings. The van der Waals surface area contributed by atoms with Crippen LogP contribution in [-0.4, -0.2) is 33.3 Å². The Bertz CT molecular complexity index is 534. The zero-order chi connectivity index (χ0) is 15.6. The molecule has 6 nitrogen and oxygen atoms in total. The van der Waals surface area contributed by atoms with Crippen molar-refractivity contribution in [2.24, 2.45) is 0 Å². The Balaban J connectivity index is 2.26. The number of oxazole rings is 1. The Morgan fingerprint density at radius 1 is 1.33 bits per heavy atom. The normalized spacial score (nSPS) is 21.5. The first-order chi connectivity index (χ1) is 9.97. The summed E-state index contributed by atoms with van der Waals surface area (Å²) in [6.07, 6.45) is 3.57. The van der Waals surface area contributed by atoms with E-state index < -0.39 is 11.6 Å². The molecule has 1 saturated heterocycles. The van der Waals surface area contributed by atoms with Crippen LogP contribution in [-0.2, 0) is 22.6 Å². The minimum absolute atomic E-state index is 0.0594. The maximum absolute atomic E-state index is 12.8. The quantitative estimate of drug-likeness (QED) is 0.895. The lowest BCUT2D eigenvalue weighted by molar-refractivity contribution is -0.155. The van der Waals surface area contributed by atoms with Crippen molar-refractivity contribution in [2.75, 3.05) is 0 Å². The number of piperazine rings is 1. The topological polar surface area (TPSA) is 75.4 Å². The molecule has 1 unspecified atom stereocenters. The van der Waals surface area contributed by atoms with Crippen LogP contribution in [0.25, 0.3) is 0 Å². The van der Waals surface area contributed by atoms with Crippen molar-refractivity contribution in [3.05, 3.63) is 17.8 Å². The largest absolute Gasteiger partial charge is 0.444 e. The van der Waals surface area contributed by atoms with Crippen LogP contribution in [0.3, 0.4) is 0 Å². The third-order valence-corrected chi connectivity index (χ3v) is 4.34. The number of aromatic nitrogens is 1. The monoisotopic (exact) mass is 293 g/mol. The summed E-state index contributed by atoms with van der Waals surface area (Å²) in [7, 11) is 0. The predicted octanol–water partition coefficient (Wildman–Crippen LogP) is 1.64. The van der Waals surface area contributed by atoms with Crippen molar-refractivity contribution >= 4 is 11.8 Å². The van der Waals surface area contributed by atoms with Crippen molar-refractivity contribution in [1.82, 2.24) is 15.2 Å². The molecule has 1 aromatic heterocycles. The van der Waals surface area contributed by atoms with Gasteiger partial charge in [-0.05, 0) is 19.8 Å². The van der Waals surface area contributed by atoms with Crippen LogP contribution in [0, 0.1) is 0 Å². The minimum atomic E-state index is -0.802. The molecule has 0 saturated carbocycles. The van der Waals surface area contributed by atoms with E-state index in [1.54, 1.807) is 18.0 Å². The number of carbonyl (C=O) groups excluding carboxylic acids is 2. The van der Waals surface area contributed by atoms with Gasteiger partial charge >= 0.3 is 0 Å². The molecule has 1 atom stereocenters. The van der Waals surface area contributed by atoms with Crippen molar-refractivity contribution in [2.45, 2.75) is 65.1 Å². The summed E-state index contributed by atoms with van der Waals surface area (Å²) >= 11 is 0. The second-order valence-corrected chi connectivity index (χ2v) is 5.46. The van der Waals surface area contributed by atoms with Crippen molar-refractivity contribution in [3.63, 3.8) is 0 Å². The number of carbonyl (C=O) groups is 2. The van der Waals surface area contributed by atoms with Gasteiger partial charge in [-0.15, -0.1) is 0 Å². The van der Waals surface area contributed by atoms with Gasteiger partial charge in [0.15, 0.2) is 0 Å². The highest BCUT2D eigenvalue weighted by atomic mass is 16.4. The molecule has 0 spiro atoms. The van der Waals surface area contributed by atoms with Gasteiger partial charge in [0.2, 0.25) is 17.7 Å². The molecule has 0 bridgehead atoms. The second kappa shape index (κ2) is 5.87. The van der Waals surface area contributed by atoms with Gasteiger partial charge in [0.25, 0.3) is 0 Å². The lowest BCUT2D eigenvalue weighted by Gasteiger charge is -2.44. The average Bonchev–Trinajstić information content (AvgIpc) is 2.95. The third kappa shape index (κ3) is 2.66. The van der Waals surface area contributed by atoms with Gasteiger partial charge in [0.1, 0.15) is 17.3 Å². The number of amides is 2. The van der Waals surface area contributed by atoms with E-state index >= 15 is 0 Å². The molecule has 1 aromatic rings. The molecule has 116 valence electrons. The standard InChI is InChI=1S/C15H23N3O3/c1-5-11-8-16-12(21-11)9-18-10(4)13(19)17-15(6-2,7-3)14(18)20/h8,10H,5-7,9H2,1-4H3,(H,17,19). The average molecular weight is 293 g/mol. The SMILES string of the molecule is CCc1cnc(CN2C(=O)C(CC)(CC)NC(=O)C2C)o1. The number of nitrogens with zero attached hydrogens (tertiary/aromatic N) is 2. The van der Waals surface area contributed by atoms with E-state index in [4.69, 9.17) is 4.42 Å². The summed E-state index contributed by atoms with van der Waals surface area (Å²) < 4.78 is 5.57. The van der Waals surface area contributed by atoms with Gasteiger partial charge in [-0.3, -0.25) is 9.59 Å². The zero-order valence-corrected chi connectivity index (χ0v) is 13.1. The number of aryl methyl sites for hydroxylation is 1. The van der Waals surface area contributed by atoms with Crippen LogP contribution in [0.5, 0.6) is 0 Å². The van der Waals surface area contributed by atoms with Gasteiger partial charge in [-0.25, -0.2) is 4.98 Å². The lowest BCUT2D eigenvalue weighted by atomic mass is 9.87. The van der Waals surface area contributed by atoms with E-state index in [9.17, 15) is 9.59 Å². The van der Waals surface area contributed by atoms with E-state index in [0.717, 1.165) is 12.2 Å². The van der Waals surface area contributed by atoms with E-state index in [0.29, 0.717) is 18.7 Å². The predicted molar refractivity (Wildman–Crippen MR) is 77.3 cm³/mol. The highest BCUT2D eigenvalue weighted by Gasteiger charge is 2.47. The molecule has 21 heavy (non-hydrogen) atoms. The van der Waals surface area contributed by atoms with Gasteiger partial charge in [-0.2, -0.15) is 0 Å². The van der Waals surface area contributed by atoms with Gasteiger partial charge in [0, 0.05) is 6.42 Å². The van der Waals surface area contributed by atoms with Gasteiger partial charge in [-0.1, -0.05) is 20.8 Å². The molecular formula is C15H23N3O3. The van der Waals surface area contributed by atoms with Crippen LogP contribution < -0.4 is 5.32 Å². The molecule has 1 aliphatic heterocycles. The Morgan fingerprint density at radius 2 is 2.00 bits per heavy atom. The summed E-state index contributed by atoms with van der Waals surface area (Å²) in [5.74, 6) is 1.07. The van der Waals surface area contributed by atoms with E-state index in [1.165, 1.54) is 0 Å². The van der Waals surface area contributed by atoms with Crippen molar-refractivity contribution in [3.8, 4) is 0 Å². The maximum atomic E-state index is 12.8. The number of hydrogen-bond acceptors (Lipinski definition) is 4. The summed E-state index contributed by atoms with van der Waals surface area (Å²) in [5.41, 5.74) is -0.802. The first kappa shape index (κ1) is 15.5. The summed E-state index contributed by atoms with van der Waals surface area (Å²) in [4.78, 5) is 30.7. The van der Waals surface area contributed by atoms with E-state index in [-0.39, 0.29) is 18.4 Å². The number of nitrogens with one attached hydrogen (secondary N) is 1. The Kier molecular flexibility index (Phi) is 4.34. The zero-order valence-electron chi connectivity index (χ0n) is 13.1. The summed E-state index contributed by atoms with van der Waals surface area (Å²) in [5, 5.41) is 2.88. The molecule has 2 heterocycles. The van der Waals surface area contributed by atoms with Crippen LogP contribution in [0.4, 0.5) is 0 Å². The fourth-order valence-corrected chi connectivity index (χ4v) is 2.65. The Labute approximate surface area is 124 Å². The number of hydrogen-bond donors (Lipinski definition) is 1. The van der Waals surface area contributed by atoms with E-state index in [2.05, 4.69) is 10.3 Å². The molecular weight excluding hydrogens is 270 g/mol. The minimum Gasteiger partial charge on any atom is -0.444 e. The fraction of sp³-hybridized carbons (Fsp3) is 0.667. The fourth-order valence-electron chi connectivity index (χ4n) is 2.65. The second-order valence-electron chi connectivity index (χ2n) is 5.46. The molecule has 2 rings (SSSR count). The summed E-state index contributed by atoms with van der Waals surface area (Å²) in [6, 6.07) is -0.513. The molecule has 2 amide bonds. The first-order valence-electron chi connectivity index (χ1n) is 7.54. The number of rotatable bonds is 5. The molecule has 0 radical (unpaired) electrons. The Morgan fingerprint density at radius 3 is 2.52 bits per heavy atom. The molecule has 0 aliphatic carbocycles. The molecule has 1 N–H and O–H groups in total. The van der Waals surface area contributed by atoms with Crippen LogP contribution >= 0.6 is 0 Å². The molecule has 1 aliphatic rings. The van der Waals surface area contributed by atoms with E-state index in [1.807, 2.05) is 20.8 Å². The van der Waals surface area contributed by atoms with Crippen LogP contribution in [0.15, 0.2) is 10.6 Å². The van der Waals surface area contributed by atoms with Gasteiger partial charge in [0.05, 0.1) is 12.7 Å². The first-order valence-corrected chi connectivity index (χ1v) is 7.54. The summed E-state index contributed by atoms with van der Waals surface area (Å²) in [6.45, 7) is 7.76. The van der Waals surface area contributed by atoms with Crippen LogP contribution in [0.2, 0.25) is 0 Å². The van der Waals surface area contributed by atoms with Crippen LogP contribution in [0.1, 0.15) is 52.2 Å². The highest BCUT2D eigenvalue weighted by Crippen LogP contribution is 2.26. The lowest BCUT2D eigenvalue weighted by Crippen LogP contribution is -2.69.